The zero-order valence-electron chi connectivity index (χ0n) is 7.80. The molecule has 0 amide bonds. The van der Waals surface area contributed by atoms with Crippen LogP contribution in [0.5, 0.6) is 0 Å². The van der Waals surface area contributed by atoms with Crippen LogP contribution in [0.1, 0.15) is 0 Å². The highest BCUT2D eigenvalue weighted by atomic mass is 35.5. The van der Waals surface area contributed by atoms with E-state index in [1.807, 2.05) is 0 Å². The molecule has 1 aromatic carbocycles. The Morgan fingerprint density at radius 2 is 2.25 bits per heavy atom. The molecule has 16 heavy (non-hydrogen) atoms. The van der Waals surface area contributed by atoms with Crippen LogP contribution in [-0.2, 0) is 0 Å². The summed E-state index contributed by atoms with van der Waals surface area (Å²) in [5.74, 6) is -0.724. The van der Waals surface area contributed by atoms with Gasteiger partial charge in [0.15, 0.2) is 0 Å². The van der Waals surface area contributed by atoms with Crippen LogP contribution in [-0.4, -0.2) is 14.7 Å². The summed E-state index contributed by atoms with van der Waals surface area (Å²) in [6.07, 6.45) is 2.92. The summed E-state index contributed by atoms with van der Waals surface area (Å²) in [6.45, 7) is 0. The second-order valence-electron chi connectivity index (χ2n) is 2.96. The monoisotopic (exact) mass is 241 g/mol. The van der Waals surface area contributed by atoms with Gasteiger partial charge in [-0.3, -0.25) is 10.1 Å². The highest BCUT2D eigenvalue weighted by molar-refractivity contribution is 6.31. The maximum Gasteiger partial charge on any atom is 0.296 e. The van der Waals surface area contributed by atoms with Crippen LogP contribution in [0.4, 0.5) is 10.1 Å². The maximum absolute atomic E-state index is 13.2. The number of hydrogen-bond acceptors (Lipinski definition) is 3. The molecule has 0 fully saturated rings. The molecule has 0 aliphatic carbocycles. The first kappa shape index (κ1) is 10.6. The highest BCUT2D eigenvalue weighted by Crippen LogP contribution is 2.28. The number of rotatable bonds is 2. The molecule has 0 saturated carbocycles. The largest absolute Gasteiger partial charge is 0.296 e. The molecule has 0 atom stereocenters. The average molecular weight is 242 g/mol. The van der Waals surface area contributed by atoms with Crippen LogP contribution in [0, 0.1) is 15.9 Å². The van der Waals surface area contributed by atoms with E-state index in [1.165, 1.54) is 17.1 Å². The minimum Gasteiger partial charge on any atom is -0.258 e. The van der Waals surface area contributed by atoms with Crippen molar-refractivity contribution in [3.63, 3.8) is 0 Å². The second kappa shape index (κ2) is 3.90. The molecule has 0 saturated heterocycles. The molecule has 7 heteroatoms. The van der Waals surface area contributed by atoms with E-state index in [1.54, 1.807) is 6.07 Å². The molecule has 2 aromatic rings. The third-order valence-electron chi connectivity index (χ3n) is 1.97. The number of nitro benzene ring substituents is 1. The molecule has 0 bridgehead atoms. The lowest BCUT2D eigenvalue weighted by molar-refractivity contribution is -0.384. The first-order valence-corrected chi connectivity index (χ1v) is 4.61. The quantitative estimate of drug-likeness (QED) is 0.600. The zero-order valence-corrected chi connectivity index (χ0v) is 8.56. The molecule has 0 N–H and O–H groups in total. The Morgan fingerprint density at radius 1 is 1.50 bits per heavy atom. The zero-order chi connectivity index (χ0) is 11.7. The van der Waals surface area contributed by atoms with Gasteiger partial charge in [0.05, 0.1) is 9.95 Å². The Morgan fingerprint density at radius 3 is 2.81 bits per heavy atom. The van der Waals surface area contributed by atoms with Gasteiger partial charge >= 0.3 is 0 Å². The summed E-state index contributed by atoms with van der Waals surface area (Å²) in [5, 5.41) is 14.3. The van der Waals surface area contributed by atoms with Crippen molar-refractivity contribution in [3.8, 4) is 5.69 Å². The van der Waals surface area contributed by atoms with E-state index in [0.29, 0.717) is 0 Å². The minimum absolute atomic E-state index is 0.0388. The fourth-order valence-corrected chi connectivity index (χ4v) is 1.42. The Hall–Kier alpha value is -1.95. The van der Waals surface area contributed by atoms with Gasteiger partial charge in [-0.1, -0.05) is 11.6 Å². The van der Waals surface area contributed by atoms with Crippen molar-refractivity contribution in [1.82, 2.24) is 9.78 Å². The predicted molar refractivity (Wildman–Crippen MR) is 55.2 cm³/mol. The SMILES string of the molecule is O=[N+]([O-])c1cc(Cl)c(F)cc1-n1cccn1. The number of halogens is 2. The summed E-state index contributed by atoms with van der Waals surface area (Å²) < 4.78 is 14.4. The molecule has 1 aromatic heterocycles. The van der Waals surface area contributed by atoms with Gasteiger partial charge < -0.3 is 0 Å². The molecule has 82 valence electrons. The van der Waals surface area contributed by atoms with Crippen molar-refractivity contribution in [1.29, 1.82) is 0 Å². The van der Waals surface area contributed by atoms with Gasteiger partial charge in [0.25, 0.3) is 5.69 Å². The number of nitro groups is 1. The van der Waals surface area contributed by atoms with Crippen LogP contribution >= 0.6 is 11.6 Å². The van der Waals surface area contributed by atoms with E-state index in [9.17, 15) is 14.5 Å². The smallest absolute Gasteiger partial charge is 0.258 e. The lowest BCUT2D eigenvalue weighted by Crippen LogP contribution is -2.01. The van der Waals surface area contributed by atoms with E-state index < -0.39 is 10.7 Å². The lowest BCUT2D eigenvalue weighted by atomic mass is 10.2. The molecule has 0 unspecified atom stereocenters. The Kier molecular flexibility index (Phi) is 2.57. The lowest BCUT2D eigenvalue weighted by Gasteiger charge is -2.03. The van der Waals surface area contributed by atoms with Gasteiger partial charge in [-0.25, -0.2) is 9.07 Å². The van der Waals surface area contributed by atoms with Crippen molar-refractivity contribution in [3.05, 3.63) is 51.5 Å². The summed E-state index contributed by atoms with van der Waals surface area (Å²) >= 11 is 5.48. The van der Waals surface area contributed by atoms with Crippen LogP contribution in [0.15, 0.2) is 30.6 Å². The molecule has 0 spiro atoms. The van der Waals surface area contributed by atoms with Crippen LogP contribution in [0.25, 0.3) is 5.69 Å². The van der Waals surface area contributed by atoms with Crippen molar-refractivity contribution >= 4 is 17.3 Å². The van der Waals surface area contributed by atoms with Gasteiger partial charge in [0.2, 0.25) is 0 Å². The molecule has 5 nitrogen and oxygen atoms in total. The summed E-state index contributed by atoms with van der Waals surface area (Å²) in [6, 6.07) is 3.53. The topological polar surface area (TPSA) is 61.0 Å². The molecular weight excluding hydrogens is 237 g/mol. The molecular formula is C9H5ClFN3O2. The highest BCUT2D eigenvalue weighted by Gasteiger charge is 2.19. The minimum atomic E-state index is -0.724. The summed E-state index contributed by atoms with van der Waals surface area (Å²) in [5.41, 5.74) is -0.257. The Labute approximate surface area is 94.2 Å². The maximum atomic E-state index is 13.2. The normalized spacial score (nSPS) is 10.4. The van der Waals surface area contributed by atoms with E-state index in [2.05, 4.69) is 5.10 Å². The van der Waals surface area contributed by atoms with E-state index >= 15 is 0 Å². The van der Waals surface area contributed by atoms with E-state index in [-0.39, 0.29) is 16.4 Å². The predicted octanol–water partition coefficient (Wildman–Crippen LogP) is 2.57. The summed E-state index contributed by atoms with van der Waals surface area (Å²) in [4.78, 5) is 10.1. The van der Waals surface area contributed by atoms with Gasteiger partial charge in [0, 0.05) is 24.5 Å². The second-order valence-corrected chi connectivity index (χ2v) is 3.37. The van der Waals surface area contributed by atoms with E-state index in [0.717, 1.165) is 12.1 Å². The van der Waals surface area contributed by atoms with Crippen molar-refractivity contribution < 1.29 is 9.31 Å². The van der Waals surface area contributed by atoms with Crippen molar-refractivity contribution in [2.75, 3.05) is 0 Å². The first-order valence-electron chi connectivity index (χ1n) is 4.23. The van der Waals surface area contributed by atoms with Crippen molar-refractivity contribution in [2.24, 2.45) is 0 Å². The third kappa shape index (κ3) is 1.74. The Balaban J connectivity index is 2.68. The third-order valence-corrected chi connectivity index (χ3v) is 2.26. The van der Waals surface area contributed by atoms with Crippen LogP contribution < -0.4 is 0 Å². The number of aromatic nitrogens is 2. The van der Waals surface area contributed by atoms with E-state index in [4.69, 9.17) is 11.6 Å². The van der Waals surface area contributed by atoms with Gasteiger partial charge in [-0.05, 0) is 6.07 Å². The standard InChI is InChI=1S/C9H5ClFN3O2/c10-6-4-9(14(15)16)8(5-7(6)11)13-3-1-2-12-13/h1-5H. The number of hydrogen-bond donors (Lipinski definition) is 0. The molecule has 0 aliphatic rings. The molecule has 0 aliphatic heterocycles. The summed E-state index contributed by atoms with van der Waals surface area (Å²) in [7, 11) is 0. The molecule has 1 heterocycles. The first-order chi connectivity index (χ1) is 7.59. The fraction of sp³-hybridized carbons (Fsp3) is 0. The average Bonchev–Trinajstić information content (AvgIpc) is 2.74. The fourth-order valence-electron chi connectivity index (χ4n) is 1.27. The molecule has 2 rings (SSSR count). The molecule has 0 radical (unpaired) electrons. The number of benzene rings is 1. The van der Waals surface area contributed by atoms with Gasteiger partial charge in [0.1, 0.15) is 11.5 Å². The number of nitrogens with zero attached hydrogens (tertiary/aromatic N) is 3. The van der Waals surface area contributed by atoms with Crippen molar-refractivity contribution in [2.45, 2.75) is 0 Å². The van der Waals surface area contributed by atoms with Gasteiger partial charge in [-0.2, -0.15) is 5.10 Å². The van der Waals surface area contributed by atoms with Crippen LogP contribution in [0.3, 0.4) is 0 Å². The Bertz CT molecular complexity index is 542. The van der Waals surface area contributed by atoms with Gasteiger partial charge in [-0.15, -0.1) is 0 Å². The van der Waals surface area contributed by atoms with Crippen LogP contribution in [0.2, 0.25) is 5.02 Å².